The molecule has 118 valence electrons. The first-order valence-electron chi connectivity index (χ1n) is 6.48. The summed E-state index contributed by atoms with van der Waals surface area (Å²) in [6, 6.07) is 6.06. The molecule has 0 aromatic heterocycles. The van der Waals surface area contributed by atoms with Crippen LogP contribution in [0.2, 0.25) is 0 Å². The molecule has 7 heteroatoms. The number of nitrogens with two attached hydrogens (primary N) is 1. The van der Waals surface area contributed by atoms with E-state index in [0.717, 1.165) is 6.42 Å². The van der Waals surface area contributed by atoms with Crippen molar-refractivity contribution in [2.24, 2.45) is 11.1 Å². The van der Waals surface area contributed by atoms with Crippen molar-refractivity contribution in [3.63, 3.8) is 0 Å². The highest BCUT2D eigenvalue weighted by Crippen LogP contribution is 2.31. The van der Waals surface area contributed by atoms with Gasteiger partial charge in [0.1, 0.15) is 5.75 Å². The fraction of sp³-hybridized carbons (Fsp3) is 0.500. The molecule has 1 fully saturated rings. The van der Waals surface area contributed by atoms with Gasteiger partial charge in [-0.1, -0.05) is 19.1 Å². The number of carbonyl (C=O) groups is 1. The van der Waals surface area contributed by atoms with Crippen LogP contribution in [-0.4, -0.2) is 37.1 Å². The second-order valence-electron chi connectivity index (χ2n) is 5.37. The largest absolute Gasteiger partial charge is 0.434 e. The third kappa shape index (κ3) is 4.04. The summed E-state index contributed by atoms with van der Waals surface area (Å²) < 4.78 is 29.1. The summed E-state index contributed by atoms with van der Waals surface area (Å²) in [5, 5.41) is 0. The average molecular weight is 321 g/mol. The van der Waals surface area contributed by atoms with Gasteiger partial charge in [0, 0.05) is 13.1 Å². The summed E-state index contributed by atoms with van der Waals surface area (Å²) in [7, 11) is 0. The Morgan fingerprint density at radius 2 is 2.14 bits per heavy atom. The highest BCUT2D eigenvalue weighted by molar-refractivity contribution is 5.97. The van der Waals surface area contributed by atoms with Crippen LogP contribution in [0.4, 0.5) is 8.78 Å². The van der Waals surface area contributed by atoms with Gasteiger partial charge in [-0.25, -0.2) is 0 Å². The standard InChI is InChI=1S/C14H18F2N2O2.ClH/c1-14(8-17)6-7-18(9-14)12(19)10-4-2-3-5-11(10)20-13(15)16;/h2-5,13H,6-9,17H2,1H3;1H. The Hall–Kier alpha value is -1.40. The van der Waals surface area contributed by atoms with Gasteiger partial charge in [0.2, 0.25) is 0 Å². The molecule has 21 heavy (non-hydrogen) atoms. The molecule has 0 radical (unpaired) electrons. The fourth-order valence-corrected chi connectivity index (χ4v) is 2.38. The number of likely N-dealkylation sites (tertiary alicyclic amines) is 1. The van der Waals surface area contributed by atoms with Crippen molar-refractivity contribution >= 4 is 18.3 Å². The second-order valence-corrected chi connectivity index (χ2v) is 5.37. The number of ether oxygens (including phenoxy) is 1. The van der Waals surface area contributed by atoms with Crippen molar-refractivity contribution in [2.45, 2.75) is 20.0 Å². The molecule has 1 amide bonds. The molecule has 1 saturated heterocycles. The second kappa shape index (κ2) is 7.04. The Balaban J connectivity index is 0.00000220. The predicted molar refractivity (Wildman–Crippen MR) is 78.0 cm³/mol. The summed E-state index contributed by atoms with van der Waals surface area (Å²) in [4.78, 5) is 14.1. The van der Waals surface area contributed by atoms with E-state index in [9.17, 15) is 13.6 Å². The third-order valence-electron chi connectivity index (χ3n) is 3.67. The van der Waals surface area contributed by atoms with E-state index in [0.29, 0.717) is 19.6 Å². The molecule has 0 aliphatic carbocycles. The third-order valence-corrected chi connectivity index (χ3v) is 3.67. The monoisotopic (exact) mass is 320 g/mol. The molecule has 1 aliphatic rings. The number of amides is 1. The first kappa shape index (κ1) is 17.7. The molecule has 4 nitrogen and oxygen atoms in total. The van der Waals surface area contributed by atoms with Crippen molar-refractivity contribution in [2.75, 3.05) is 19.6 Å². The van der Waals surface area contributed by atoms with Crippen LogP contribution < -0.4 is 10.5 Å². The molecule has 0 spiro atoms. The summed E-state index contributed by atoms with van der Waals surface area (Å²) in [6.07, 6.45) is 0.813. The minimum atomic E-state index is -2.95. The zero-order chi connectivity index (χ0) is 14.8. The quantitative estimate of drug-likeness (QED) is 0.927. The number of carbonyl (C=O) groups excluding carboxylic acids is 1. The lowest BCUT2D eigenvalue weighted by molar-refractivity contribution is -0.0502. The molecule has 1 aromatic rings. The maximum absolute atomic E-state index is 12.4. The van der Waals surface area contributed by atoms with Crippen LogP contribution in [-0.2, 0) is 0 Å². The molecule has 1 heterocycles. The van der Waals surface area contributed by atoms with Gasteiger partial charge >= 0.3 is 6.61 Å². The van der Waals surface area contributed by atoms with Gasteiger partial charge in [0.15, 0.2) is 0 Å². The molecule has 1 atom stereocenters. The Labute approximate surface area is 128 Å². The highest BCUT2D eigenvalue weighted by Gasteiger charge is 2.35. The Morgan fingerprint density at radius 1 is 1.48 bits per heavy atom. The maximum atomic E-state index is 12.4. The van der Waals surface area contributed by atoms with Gasteiger partial charge in [0.25, 0.3) is 5.91 Å². The van der Waals surface area contributed by atoms with Crippen LogP contribution in [0, 0.1) is 5.41 Å². The summed E-state index contributed by atoms with van der Waals surface area (Å²) in [6.45, 7) is 0.672. The number of alkyl halides is 2. The van der Waals surface area contributed by atoms with Gasteiger partial charge in [-0.15, -0.1) is 12.4 Å². The topological polar surface area (TPSA) is 55.6 Å². The van der Waals surface area contributed by atoms with Crippen LogP contribution >= 0.6 is 12.4 Å². The first-order valence-corrected chi connectivity index (χ1v) is 6.48. The molecule has 1 aliphatic heterocycles. The maximum Gasteiger partial charge on any atom is 0.387 e. The summed E-state index contributed by atoms with van der Waals surface area (Å²) in [5.41, 5.74) is 5.76. The van der Waals surface area contributed by atoms with E-state index in [1.807, 2.05) is 6.92 Å². The van der Waals surface area contributed by atoms with E-state index in [-0.39, 0.29) is 35.0 Å². The molecule has 1 unspecified atom stereocenters. The molecular formula is C14H19ClF2N2O2. The van der Waals surface area contributed by atoms with Gasteiger partial charge in [-0.2, -0.15) is 8.78 Å². The Morgan fingerprint density at radius 3 is 2.71 bits per heavy atom. The van der Waals surface area contributed by atoms with E-state index >= 15 is 0 Å². The van der Waals surface area contributed by atoms with Gasteiger partial charge in [0.05, 0.1) is 5.56 Å². The smallest absolute Gasteiger partial charge is 0.387 e. The van der Waals surface area contributed by atoms with E-state index in [4.69, 9.17) is 5.73 Å². The normalized spacial score (nSPS) is 21.3. The van der Waals surface area contributed by atoms with Crippen LogP contribution in [0.5, 0.6) is 5.75 Å². The summed E-state index contributed by atoms with van der Waals surface area (Å²) >= 11 is 0. The lowest BCUT2D eigenvalue weighted by atomic mass is 9.90. The van der Waals surface area contributed by atoms with E-state index in [2.05, 4.69) is 4.74 Å². The van der Waals surface area contributed by atoms with Crippen molar-refractivity contribution in [3.8, 4) is 5.75 Å². The van der Waals surface area contributed by atoms with Gasteiger partial charge in [-0.3, -0.25) is 4.79 Å². The minimum absolute atomic E-state index is 0. The number of benzene rings is 1. The molecule has 0 bridgehead atoms. The van der Waals surface area contributed by atoms with Crippen molar-refractivity contribution < 1.29 is 18.3 Å². The summed E-state index contributed by atoms with van der Waals surface area (Å²) in [5.74, 6) is -0.382. The van der Waals surface area contributed by atoms with E-state index in [1.54, 1.807) is 17.0 Å². The number of hydrogen-bond acceptors (Lipinski definition) is 3. The van der Waals surface area contributed by atoms with Crippen LogP contribution in [0.1, 0.15) is 23.7 Å². The fourth-order valence-electron chi connectivity index (χ4n) is 2.38. The zero-order valence-electron chi connectivity index (χ0n) is 11.7. The number of para-hydroxylation sites is 1. The average Bonchev–Trinajstić information content (AvgIpc) is 2.81. The number of rotatable bonds is 4. The van der Waals surface area contributed by atoms with Crippen molar-refractivity contribution in [3.05, 3.63) is 29.8 Å². The Kier molecular flexibility index (Phi) is 5.92. The molecule has 2 N–H and O–H groups in total. The number of nitrogens with zero attached hydrogens (tertiary/aromatic N) is 1. The SMILES string of the molecule is CC1(CN)CCN(C(=O)c2ccccc2OC(F)F)C1.Cl. The van der Waals surface area contributed by atoms with Crippen LogP contribution in [0.25, 0.3) is 0 Å². The minimum Gasteiger partial charge on any atom is -0.434 e. The van der Waals surface area contributed by atoms with Crippen molar-refractivity contribution in [1.82, 2.24) is 4.90 Å². The lowest BCUT2D eigenvalue weighted by Crippen LogP contribution is -2.34. The van der Waals surface area contributed by atoms with E-state index in [1.165, 1.54) is 12.1 Å². The van der Waals surface area contributed by atoms with Crippen LogP contribution in [0.3, 0.4) is 0 Å². The van der Waals surface area contributed by atoms with Crippen LogP contribution in [0.15, 0.2) is 24.3 Å². The lowest BCUT2D eigenvalue weighted by Gasteiger charge is -2.23. The highest BCUT2D eigenvalue weighted by atomic mass is 35.5. The van der Waals surface area contributed by atoms with Gasteiger partial charge < -0.3 is 15.4 Å². The van der Waals surface area contributed by atoms with E-state index < -0.39 is 6.61 Å². The molecule has 1 aromatic carbocycles. The van der Waals surface area contributed by atoms with Crippen molar-refractivity contribution in [1.29, 1.82) is 0 Å². The zero-order valence-corrected chi connectivity index (χ0v) is 12.5. The molecule has 0 saturated carbocycles. The Bertz CT molecular complexity index is 502. The molecule has 2 rings (SSSR count). The number of halogens is 3. The number of hydrogen-bond donors (Lipinski definition) is 1. The predicted octanol–water partition coefficient (Wildman–Crippen LogP) is 2.52. The van der Waals surface area contributed by atoms with Gasteiger partial charge in [-0.05, 0) is 30.5 Å². The first-order chi connectivity index (χ1) is 9.45. The molecular weight excluding hydrogens is 302 g/mol.